The lowest BCUT2D eigenvalue weighted by molar-refractivity contribution is 0.0204. The molecule has 1 aromatic carbocycles. The van der Waals surface area contributed by atoms with Crippen molar-refractivity contribution in [2.45, 2.75) is 26.8 Å². The molecule has 0 amide bonds. The van der Waals surface area contributed by atoms with Gasteiger partial charge in [0, 0.05) is 13.2 Å². The number of ether oxygens (including phenoxy) is 3. The monoisotopic (exact) mass is 331 g/mol. The molecule has 0 radical (unpaired) electrons. The molecular formula is C14H22BrNO3. The minimum atomic E-state index is 0.221. The van der Waals surface area contributed by atoms with Crippen molar-refractivity contribution in [2.75, 3.05) is 27.1 Å². The predicted molar refractivity (Wildman–Crippen MR) is 79.8 cm³/mol. The van der Waals surface area contributed by atoms with E-state index in [2.05, 4.69) is 28.2 Å². The molecule has 0 heterocycles. The summed E-state index contributed by atoms with van der Waals surface area (Å²) in [7, 11) is 1.64. The van der Waals surface area contributed by atoms with Crippen LogP contribution in [-0.2, 0) is 11.3 Å². The summed E-state index contributed by atoms with van der Waals surface area (Å²) in [5, 5.41) is 3.36. The Balaban J connectivity index is 2.76. The Morgan fingerprint density at radius 1 is 1.26 bits per heavy atom. The molecule has 108 valence electrons. The van der Waals surface area contributed by atoms with Crippen LogP contribution in [0.3, 0.4) is 0 Å². The molecule has 0 saturated heterocycles. The number of hydrogen-bond donors (Lipinski definition) is 1. The van der Waals surface area contributed by atoms with E-state index in [1.165, 1.54) is 0 Å². The first kappa shape index (κ1) is 16.3. The normalized spacial score (nSPS) is 10.5. The van der Waals surface area contributed by atoms with Gasteiger partial charge in [-0.05, 0) is 53.5 Å². The van der Waals surface area contributed by atoms with Gasteiger partial charge in [-0.1, -0.05) is 6.92 Å². The second kappa shape index (κ2) is 9.18. The predicted octanol–water partition coefficient (Wildman–Crippen LogP) is 3.33. The first-order chi connectivity index (χ1) is 9.22. The first-order valence-electron chi connectivity index (χ1n) is 6.50. The molecular weight excluding hydrogens is 310 g/mol. The van der Waals surface area contributed by atoms with Crippen LogP contribution in [0.15, 0.2) is 16.6 Å². The Kier molecular flexibility index (Phi) is 7.86. The molecule has 0 atom stereocenters. The van der Waals surface area contributed by atoms with Gasteiger partial charge >= 0.3 is 0 Å². The molecule has 0 aromatic heterocycles. The molecule has 1 aromatic rings. The van der Waals surface area contributed by atoms with E-state index in [4.69, 9.17) is 14.2 Å². The summed E-state index contributed by atoms with van der Waals surface area (Å²) in [6.45, 7) is 6.74. The van der Waals surface area contributed by atoms with Crippen LogP contribution < -0.4 is 14.8 Å². The second-order valence-electron chi connectivity index (χ2n) is 4.04. The topological polar surface area (TPSA) is 39.7 Å². The van der Waals surface area contributed by atoms with Crippen molar-refractivity contribution >= 4 is 15.9 Å². The molecule has 0 aliphatic rings. The van der Waals surface area contributed by atoms with Crippen molar-refractivity contribution < 1.29 is 14.2 Å². The zero-order valence-corrected chi connectivity index (χ0v) is 13.4. The van der Waals surface area contributed by atoms with Crippen molar-refractivity contribution in [3.8, 4) is 11.5 Å². The van der Waals surface area contributed by atoms with Crippen molar-refractivity contribution in [2.24, 2.45) is 0 Å². The average Bonchev–Trinajstić information content (AvgIpc) is 2.41. The van der Waals surface area contributed by atoms with Crippen molar-refractivity contribution in [1.82, 2.24) is 5.32 Å². The van der Waals surface area contributed by atoms with Crippen LogP contribution >= 0.6 is 15.9 Å². The molecule has 0 bridgehead atoms. The molecule has 0 aliphatic carbocycles. The third kappa shape index (κ3) is 5.38. The number of halogens is 1. The van der Waals surface area contributed by atoms with Crippen LogP contribution in [0.5, 0.6) is 11.5 Å². The van der Waals surface area contributed by atoms with Crippen molar-refractivity contribution in [3.63, 3.8) is 0 Å². The highest BCUT2D eigenvalue weighted by Gasteiger charge is 2.11. The summed E-state index contributed by atoms with van der Waals surface area (Å²) in [4.78, 5) is 0. The fourth-order valence-corrected chi connectivity index (χ4v) is 2.21. The molecule has 19 heavy (non-hydrogen) atoms. The number of hydrogen-bond acceptors (Lipinski definition) is 4. The van der Waals surface area contributed by atoms with Crippen LogP contribution in [0, 0.1) is 0 Å². The molecule has 5 heteroatoms. The van der Waals surface area contributed by atoms with Gasteiger partial charge in [0.2, 0.25) is 0 Å². The van der Waals surface area contributed by atoms with Crippen LogP contribution in [0.2, 0.25) is 0 Å². The summed E-state index contributed by atoms with van der Waals surface area (Å²) in [6.07, 6.45) is 1.12. The maximum atomic E-state index is 5.57. The van der Waals surface area contributed by atoms with Gasteiger partial charge in [0.1, 0.15) is 0 Å². The standard InChI is InChI=1S/C14H22BrNO3/c1-4-6-16-9-11-7-12(15)14(13(8-11)17-3)19-10-18-5-2/h7-8,16H,4-6,9-10H2,1-3H3. The van der Waals surface area contributed by atoms with Gasteiger partial charge in [-0.3, -0.25) is 0 Å². The molecule has 0 spiro atoms. The van der Waals surface area contributed by atoms with Gasteiger partial charge in [0.15, 0.2) is 18.3 Å². The molecule has 0 unspecified atom stereocenters. The lowest BCUT2D eigenvalue weighted by Gasteiger charge is -2.14. The van der Waals surface area contributed by atoms with E-state index < -0.39 is 0 Å². The molecule has 0 fully saturated rings. The number of benzene rings is 1. The highest BCUT2D eigenvalue weighted by Crippen LogP contribution is 2.36. The zero-order chi connectivity index (χ0) is 14.1. The Morgan fingerprint density at radius 3 is 2.68 bits per heavy atom. The van der Waals surface area contributed by atoms with Gasteiger partial charge in [-0.25, -0.2) is 0 Å². The van der Waals surface area contributed by atoms with E-state index in [1.54, 1.807) is 7.11 Å². The molecule has 0 saturated carbocycles. The fraction of sp³-hybridized carbons (Fsp3) is 0.571. The molecule has 4 nitrogen and oxygen atoms in total. The number of rotatable bonds is 9. The lowest BCUT2D eigenvalue weighted by atomic mass is 10.2. The smallest absolute Gasteiger partial charge is 0.189 e. The fourth-order valence-electron chi connectivity index (χ4n) is 1.61. The quantitative estimate of drug-likeness (QED) is 0.556. The van der Waals surface area contributed by atoms with E-state index in [1.807, 2.05) is 19.1 Å². The summed E-state index contributed by atoms with van der Waals surface area (Å²) in [6, 6.07) is 4.02. The van der Waals surface area contributed by atoms with E-state index in [0.29, 0.717) is 18.1 Å². The zero-order valence-electron chi connectivity index (χ0n) is 11.8. The minimum absolute atomic E-state index is 0.221. The van der Waals surface area contributed by atoms with E-state index in [-0.39, 0.29) is 6.79 Å². The van der Waals surface area contributed by atoms with Crippen molar-refractivity contribution in [1.29, 1.82) is 0 Å². The summed E-state index contributed by atoms with van der Waals surface area (Å²) in [5.41, 5.74) is 1.15. The Labute approximate surface area is 123 Å². The third-order valence-corrected chi connectivity index (χ3v) is 3.12. The van der Waals surface area contributed by atoms with Gasteiger partial charge in [-0.2, -0.15) is 0 Å². The van der Waals surface area contributed by atoms with Crippen molar-refractivity contribution in [3.05, 3.63) is 22.2 Å². The Hall–Kier alpha value is -0.780. The van der Waals surface area contributed by atoms with Gasteiger partial charge < -0.3 is 19.5 Å². The number of methoxy groups -OCH3 is 1. The largest absolute Gasteiger partial charge is 0.493 e. The second-order valence-corrected chi connectivity index (χ2v) is 4.90. The van der Waals surface area contributed by atoms with E-state index in [9.17, 15) is 0 Å². The Bertz CT molecular complexity index is 385. The van der Waals surface area contributed by atoms with E-state index in [0.717, 1.165) is 29.5 Å². The van der Waals surface area contributed by atoms with Gasteiger partial charge in [0.25, 0.3) is 0 Å². The van der Waals surface area contributed by atoms with E-state index >= 15 is 0 Å². The average molecular weight is 332 g/mol. The summed E-state index contributed by atoms with van der Waals surface area (Å²) >= 11 is 3.51. The first-order valence-corrected chi connectivity index (χ1v) is 7.29. The minimum Gasteiger partial charge on any atom is -0.493 e. The molecule has 1 N–H and O–H groups in total. The lowest BCUT2D eigenvalue weighted by Crippen LogP contribution is -2.14. The van der Waals surface area contributed by atoms with Crippen LogP contribution in [0.4, 0.5) is 0 Å². The van der Waals surface area contributed by atoms with Crippen LogP contribution in [0.25, 0.3) is 0 Å². The highest BCUT2D eigenvalue weighted by molar-refractivity contribution is 9.10. The Morgan fingerprint density at radius 2 is 2.05 bits per heavy atom. The maximum absolute atomic E-state index is 5.57. The van der Waals surface area contributed by atoms with Crippen LogP contribution in [-0.4, -0.2) is 27.1 Å². The van der Waals surface area contributed by atoms with Gasteiger partial charge in [-0.15, -0.1) is 0 Å². The summed E-state index contributed by atoms with van der Waals surface area (Å²) in [5.74, 6) is 1.39. The number of nitrogens with one attached hydrogen (secondary N) is 1. The molecule has 1 rings (SSSR count). The maximum Gasteiger partial charge on any atom is 0.189 e. The molecule has 0 aliphatic heterocycles. The summed E-state index contributed by atoms with van der Waals surface area (Å²) < 4.78 is 17.0. The van der Waals surface area contributed by atoms with Crippen LogP contribution in [0.1, 0.15) is 25.8 Å². The third-order valence-electron chi connectivity index (χ3n) is 2.54. The highest BCUT2D eigenvalue weighted by atomic mass is 79.9. The van der Waals surface area contributed by atoms with Gasteiger partial charge in [0.05, 0.1) is 11.6 Å². The SMILES string of the molecule is CCCNCc1cc(Br)c(OCOCC)c(OC)c1.